The minimum Gasteiger partial charge on any atom is -0.335 e. The Morgan fingerprint density at radius 3 is 2.74 bits per heavy atom. The number of nitrogens with zero attached hydrogens (tertiary/aromatic N) is 1. The third-order valence-electron chi connectivity index (χ3n) is 5.70. The molecule has 2 aliphatic heterocycles. The molecule has 3 fully saturated rings. The molecule has 1 aromatic carbocycles. The zero-order valence-corrected chi connectivity index (χ0v) is 15.4. The summed E-state index contributed by atoms with van der Waals surface area (Å²) in [5, 5.41) is 3.26. The fourth-order valence-corrected chi connectivity index (χ4v) is 5.28. The number of benzene rings is 1. The number of hydrazine groups is 1. The Labute approximate surface area is 150 Å². The van der Waals surface area contributed by atoms with Crippen LogP contribution in [0.5, 0.6) is 0 Å². The van der Waals surface area contributed by atoms with Crippen molar-refractivity contribution in [3.05, 3.63) is 35.9 Å². The predicted molar refractivity (Wildman–Crippen MR) is 98.0 cm³/mol. The minimum absolute atomic E-state index is 0.0815. The van der Waals surface area contributed by atoms with E-state index in [9.17, 15) is 4.79 Å². The molecule has 0 spiro atoms. The molecule has 1 aromatic rings. The van der Waals surface area contributed by atoms with Gasteiger partial charge in [-0.3, -0.25) is 5.43 Å². The third-order valence-corrected chi connectivity index (χ3v) is 6.94. The molecule has 0 radical (unpaired) electrons. The first-order valence-corrected chi connectivity index (χ1v) is 9.65. The zero-order chi connectivity index (χ0) is 16.0. The van der Waals surface area contributed by atoms with E-state index in [1.807, 2.05) is 23.1 Å². The van der Waals surface area contributed by atoms with Crippen molar-refractivity contribution in [2.45, 2.75) is 41.9 Å². The van der Waals surface area contributed by atoms with E-state index in [-0.39, 0.29) is 12.1 Å². The molecule has 23 heavy (non-hydrogen) atoms. The molecule has 6 heteroatoms. The van der Waals surface area contributed by atoms with Gasteiger partial charge in [0.2, 0.25) is 0 Å². The summed E-state index contributed by atoms with van der Waals surface area (Å²) in [6, 6.07) is 11.3. The summed E-state index contributed by atoms with van der Waals surface area (Å²) in [7, 11) is 0. The average molecular weight is 426 g/mol. The van der Waals surface area contributed by atoms with Crippen LogP contribution in [0.1, 0.15) is 31.4 Å². The van der Waals surface area contributed by atoms with Gasteiger partial charge in [-0.15, -0.1) is 0 Å². The van der Waals surface area contributed by atoms with Crippen LogP contribution in [0.3, 0.4) is 0 Å². The van der Waals surface area contributed by atoms with Crippen LogP contribution in [0.2, 0.25) is 0 Å². The lowest BCUT2D eigenvalue weighted by Crippen LogP contribution is -2.61. The normalized spacial score (nSPS) is 37.7. The number of carbonyl (C=O) groups is 1. The Morgan fingerprint density at radius 2 is 1.96 bits per heavy atom. The SMILES string of the molecule is C[C@H](c1ccccc1)N1CC2CC3C(I)NNC3CC2NC1=O. The van der Waals surface area contributed by atoms with E-state index < -0.39 is 0 Å². The maximum Gasteiger partial charge on any atom is 0.318 e. The number of nitrogens with one attached hydrogen (secondary N) is 3. The number of fused-ring (bicyclic) bond motifs is 2. The quantitative estimate of drug-likeness (QED) is 0.387. The van der Waals surface area contributed by atoms with Crippen molar-refractivity contribution < 1.29 is 4.79 Å². The van der Waals surface area contributed by atoms with Gasteiger partial charge in [-0.25, -0.2) is 10.2 Å². The molecule has 1 saturated carbocycles. The lowest BCUT2D eigenvalue weighted by atomic mass is 9.74. The Hall–Kier alpha value is -0.860. The van der Waals surface area contributed by atoms with E-state index >= 15 is 0 Å². The number of amides is 2. The molecule has 3 N–H and O–H groups in total. The van der Waals surface area contributed by atoms with Gasteiger partial charge >= 0.3 is 6.03 Å². The summed E-state index contributed by atoms with van der Waals surface area (Å²) < 4.78 is 0.483. The second-order valence-corrected chi connectivity index (χ2v) is 8.33. The molecule has 124 valence electrons. The molecule has 3 aliphatic rings. The van der Waals surface area contributed by atoms with Gasteiger partial charge in [-0.1, -0.05) is 52.9 Å². The second kappa shape index (κ2) is 6.22. The fraction of sp³-hybridized carbons (Fsp3) is 0.588. The smallest absolute Gasteiger partial charge is 0.318 e. The first kappa shape index (κ1) is 15.7. The Bertz CT molecular complexity index is 583. The van der Waals surface area contributed by atoms with Crippen LogP contribution in [-0.4, -0.2) is 33.6 Å². The van der Waals surface area contributed by atoms with E-state index in [0.717, 1.165) is 13.0 Å². The Balaban J connectivity index is 1.50. The number of hydrogen-bond acceptors (Lipinski definition) is 3. The van der Waals surface area contributed by atoms with Crippen LogP contribution in [-0.2, 0) is 0 Å². The minimum atomic E-state index is 0.0815. The van der Waals surface area contributed by atoms with Gasteiger partial charge in [0.15, 0.2) is 0 Å². The second-order valence-electron chi connectivity index (χ2n) is 6.99. The number of halogens is 1. The van der Waals surface area contributed by atoms with Crippen molar-refractivity contribution in [3.8, 4) is 0 Å². The molecule has 4 rings (SSSR count). The summed E-state index contributed by atoms with van der Waals surface area (Å²) in [6.45, 7) is 2.99. The van der Waals surface area contributed by atoms with Crippen molar-refractivity contribution in [3.63, 3.8) is 0 Å². The van der Waals surface area contributed by atoms with Crippen molar-refractivity contribution >= 4 is 28.6 Å². The number of rotatable bonds is 2. The van der Waals surface area contributed by atoms with Gasteiger partial charge in [0, 0.05) is 24.5 Å². The van der Waals surface area contributed by atoms with Crippen molar-refractivity contribution in [2.24, 2.45) is 11.8 Å². The van der Waals surface area contributed by atoms with Gasteiger partial charge in [0.05, 0.1) is 10.1 Å². The highest BCUT2D eigenvalue weighted by Crippen LogP contribution is 2.39. The van der Waals surface area contributed by atoms with Gasteiger partial charge in [0.25, 0.3) is 0 Å². The van der Waals surface area contributed by atoms with Crippen LogP contribution in [0.25, 0.3) is 0 Å². The van der Waals surface area contributed by atoms with Crippen LogP contribution < -0.4 is 16.2 Å². The summed E-state index contributed by atoms with van der Waals surface area (Å²) in [6.07, 6.45) is 2.20. The number of urea groups is 1. The fourth-order valence-electron chi connectivity index (χ4n) is 4.30. The molecule has 6 atom stereocenters. The molecule has 2 saturated heterocycles. The molecule has 5 nitrogen and oxygen atoms in total. The van der Waals surface area contributed by atoms with E-state index in [4.69, 9.17) is 0 Å². The molecule has 5 unspecified atom stereocenters. The maximum absolute atomic E-state index is 12.6. The zero-order valence-electron chi connectivity index (χ0n) is 13.2. The van der Waals surface area contributed by atoms with Crippen molar-refractivity contribution in [2.75, 3.05) is 6.54 Å². The number of hydrogen-bond donors (Lipinski definition) is 3. The topological polar surface area (TPSA) is 56.4 Å². The van der Waals surface area contributed by atoms with E-state index in [0.29, 0.717) is 28.0 Å². The Morgan fingerprint density at radius 1 is 1.17 bits per heavy atom. The molecule has 1 aliphatic carbocycles. The highest BCUT2D eigenvalue weighted by atomic mass is 127. The first-order chi connectivity index (χ1) is 11.1. The standard InChI is InChI=1S/C17H23IN4O/c1-10(11-5-3-2-4-6-11)22-9-12-7-13-15(20-21-16(13)18)8-14(12)19-17(22)23/h2-6,10,12-16,20-21H,7-9H2,1H3,(H,19,23)/t10-,12?,13?,14?,15?,16?/m1/s1. The van der Waals surface area contributed by atoms with Crippen molar-refractivity contribution in [1.82, 2.24) is 21.1 Å². The van der Waals surface area contributed by atoms with E-state index in [2.05, 4.69) is 57.8 Å². The molecular weight excluding hydrogens is 403 g/mol. The van der Waals surface area contributed by atoms with E-state index in [1.165, 1.54) is 12.0 Å². The Kier molecular flexibility index (Phi) is 4.23. The largest absolute Gasteiger partial charge is 0.335 e. The molecule has 0 aromatic heterocycles. The van der Waals surface area contributed by atoms with Crippen LogP contribution in [0.15, 0.2) is 30.3 Å². The van der Waals surface area contributed by atoms with Gasteiger partial charge in [-0.2, -0.15) is 0 Å². The van der Waals surface area contributed by atoms with Gasteiger partial charge < -0.3 is 10.2 Å². The summed E-state index contributed by atoms with van der Waals surface area (Å²) in [5.74, 6) is 1.19. The summed E-state index contributed by atoms with van der Waals surface area (Å²) in [4.78, 5) is 14.6. The van der Waals surface area contributed by atoms with Gasteiger partial charge in [0.1, 0.15) is 0 Å². The molecule has 2 heterocycles. The molecule has 0 bridgehead atoms. The van der Waals surface area contributed by atoms with Crippen molar-refractivity contribution in [1.29, 1.82) is 0 Å². The molecular formula is C17H23IN4O. The lowest BCUT2D eigenvalue weighted by molar-refractivity contribution is 0.0873. The van der Waals surface area contributed by atoms with E-state index in [1.54, 1.807) is 0 Å². The lowest BCUT2D eigenvalue weighted by Gasteiger charge is -2.47. The highest BCUT2D eigenvalue weighted by Gasteiger charge is 2.47. The summed E-state index contributed by atoms with van der Waals surface area (Å²) >= 11 is 2.49. The van der Waals surface area contributed by atoms with Crippen LogP contribution in [0.4, 0.5) is 4.79 Å². The predicted octanol–water partition coefficient (Wildman–Crippen LogP) is 2.41. The third kappa shape index (κ3) is 2.85. The maximum atomic E-state index is 12.6. The summed E-state index contributed by atoms with van der Waals surface area (Å²) in [5.41, 5.74) is 7.95. The molecule has 2 amide bonds. The van der Waals surface area contributed by atoms with Crippen LogP contribution in [0, 0.1) is 11.8 Å². The van der Waals surface area contributed by atoms with Crippen LogP contribution >= 0.6 is 22.6 Å². The highest BCUT2D eigenvalue weighted by molar-refractivity contribution is 14.1. The monoisotopic (exact) mass is 426 g/mol. The first-order valence-electron chi connectivity index (χ1n) is 8.40. The average Bonchev–Trinajstić information content (AvgIpc) is 2.93. The van der Waals surface area contributed by atoms with Gasteiger partial charge in [-0.05, 0) is 31.2 Å². The number of carbonyl (C=O) groups excluding carboxylic acids is 1. The number of alkyl halides is 1.